The fourth-order valence-corrected chi connectivity index (χ4v) is 3.53. The van der Waals surface area contributed by atoms with E-state index in [4.69, 9.17) is 4.74 Å². The van der Waals surface area contributed by atoms with Gasteiger partial charge in [-0.2, -0.15) is 23.4 Å². The van der Waals surface area contributed by atoms with E-state index in [-0.39, 0.29) is 11.4 Å². The molecular weight excluding hydrogens is 409 g/mol. The standard InChI is InChI=1S/C21H15F3N6O/c1-12-14-10-26-16(15-11-27-29-7-3-6-25-20(15)29)9-17(14)30(28-12)18-8-13(21(22,23)24)4-5-19(18)31-2/h3-11H,1-2H3. The van der Waals surface area contributed by atoms with E-state index in [0.29, 0.717) is 33.5 Å². The molecule has 0 N–H and O–H groups in total. The topological polar surface area (TPSA) is 70.1 Å². The molecule has 0 spiro atoms. The van der Waals surface area contributed by atoms with Crippen LogP contribution in [0, 0.1) is 6.92 Å². The van der Waals surface area contributed by atoms with E-state index >= 15 is 0 Å². The second-order valence-corrected chi connectivity index (χ2v) is 6.91. The molecule has 0 atom stereocenters. The van der Waals surface area contributed by atoms with Crippen molar-refractivity contribution in [3.63, 3.8) is 0 Å². The lowest BCUT2D eigenvalue weighted by Crippen LogP contribution is -2.08. The molecule has 0 bridgehead atoms. The number of rotatable bonds is 3. The number of halogens is 3. The van der Waals surface area contributed by atoms with Crippen molar-refractivity contribution in [2.24, 2.45) is 0 Å². The number of methoxy groups -OCH3 is 1. The summed E-state index contributed by atoms with van der Waals surface area (Å²) in [4.78, 5) is 8.85. The van der Waals surface area contributed by atoms with Crippen molar-refractivity contribution in [2.75, 3.05) is 7.11 Å². The van der Waals surface area contributed by atoms with Crippen LogP contribution in [0.2, 0.25) is 0 Å². The molecule has 0 aliphatic carbocycles. The molecule has 4 aromatic heterocycles. The Hall–Kier alpha value is -3.95. The van der Waals surface area contributed by atoms with Gasteiger partial charge in [-0.05, 0) is 37.3 Å². The molecule has 0 unspecified atom stereocenters. The quantitative estimate of drug-likeness (QED) is 0.428. The minimum Gasteiger partial charge on any atom is -0.494 e. The maximum absolute atomic E-state index is 13.3. The average molecular weight is 424 g/mol. The zero-order valence-electron chi connectivity index (χ0n) is 16.4. The highest BCUT2D eigenvalue weighted by atomic mass is 19.4. The molecule has 0 amide bonds. The van der Waals surface area contributed by atoms with Crippen LogP contribution >= 0.6 is 0 Å². The molecule has 0 radical (unpaired) electrons. The van der Waals surface area contributed by atoms with Crippen LogP contribution < -0.4 is 4.74 Å². The van der Waals surface area contributed by atoms with Crippen molar-refractivity contribution in [1.82, 2.24) is 29.4 Å². The summed E-state index contributed by atoms with van der Waals surface area (Å²) < 4.78 is 48.4. The van der Waals surface area contributed by atoms with E-state index in [9.17, 15) is 13.2 Å². The maximum Gasteiger partial charge on any atom is 0.416 e. The van der Waals surface area contributed by atoms with Crippen LogP contribution in [-0.2, 0) is 6.18 Å². The average Bonchev–Trinajstić information content (AvgIpc) is 3.33. The maximum atomic E-state index is 13.3. The van der Waals surface area contributed by atoms with Crippen LogP contribution in [0.3, 0.4) is 0 Å². The van der Waals surface area contributed by atoms with Crippen LogP contribution in [0.1, 0.15) is 11.3 Å². The molecule has 7 nitrogen and oxygen atoms in total. The Kier molecular flexibility index (Phi) is 4.17. The number of hydrogen-bond donors (Lipinski definition) is 0. The Balaban J connectivity index is 1.75. The number of fused-ring (bicyclic) bond motifs is 2. The molecule has 0 aliphatic rings. The molecule has 0 aliphatic heterocycles. The minimum absolute atomic E-state index is 0.186. The van der Waals surface area contributed by atoms with Gasteiger partial charge >= 0.3 is 6.18 Å². The van der Waals surface area contributed by atoms with Gasteiger partial charge in [0.05, 0.1) is 41.3 Å². The van der Waals surface area contributed by atoms with Crippen molar-refractivity contribution in [3.8, 4) is 22.7 Å². The fourth-order valence-electron chi connectivity index (χ4n) is 3.53. The number of nitrogens with zero attached hydrogens (tertiary/aromatic N) is 6. The number of aryl methyl sites for hydroxylation is 1. The van der Waals surface area contributed by atoms with Gasteiger partial charge in [0.2, 0.25) is 0 Å². The first-order valence-electron chi connectivity index (χ1n) is 9.26. The van der Waals surface area contributed by atoms with E-state index < -0.39 is 11.7 Å². The highest BCUT2D eigenvalue weighted by Gasteiger charge is 2.32. The number of alkyl halides is 3. The lowest BCUT2D eigenvalue weighted by molar-refractivity contribution is -0.137. The van der Waals surface area contributed by atoms with Crippen LogP contribution in [0.15, 0.2) is 55.1 Å². The lowest BCUT2D eigenvalue weighted by atomic mass is 10.1. The third-order valence-corrected chi connectivity index (χ3v) is 5.04. The van der Waals surface area contributed by atoms with E-state index in [0.717, 1.165) is 12.1 Å². The first-order valence-corrected chi connectivity index (χ1v) is 9.26. The van der Waals surface area contributed by atoms with Gasteiger partial charge in [0.1, 0.15) is 11.4 Å². The number of benzene rings is 1. The van der Waals surface area contributed by atoms with Gasteiger partial charge < -0.3 is 4.74 Å². The molecule has 0 saturated carbocycles. The second kappa shape index (κ2) is 6.79. The molecule has 5 rings (SSSR count). The van der Waals surface area contributed by atoms with Gasteiger partial charge in [-0.3, -0.25) is 4.98 Å². The Morgan fingerprint density at radius 3 is 2.68 bits per heavy atom. The highest BCUT2D eigenvalue weighted by Crippen LogP contribution is 2.36. The van der Waals surface area contributed by atoms with E-state index in [1.807, 2.05) is 0 Å². The third kappa shape index (κ3) is 3.07. The molecule has 0 fully saturated rings. The SMILES string of the molecule is COc1ccc(C(F)(F)F)cc1-n1nc(C)c2cnc(-c3cnn4cccnc34)cc21. The third-order valence-electron chi connectivity index (χ3n) is 5.04. The van der Waals surface area contributed by atoms with Crippen LogP contribution in [0.25, 0.3) is 33.5 Å². The Morgan fingerprint density at radius 2 is 1.90 bits per heavy atom. The first-order chi connectivity index (χ1) is 14.9. The van der Waals surface area contributed by atoms with Crippen molar-refractivity contribution in [1.29, 1.82) is 0 Å². The van der Waals surface area contributed by atoms with Crippen LogP contribution in [-0.4, -0.2) is 36.5 Å². The largest absolute Gasteiger partial charge is 0.494 e. The lowest BCUT2D eigenvalue weighted by Gasteiger charge is -2.13. The van der Waals surface area contributed by atoms with Crippen LogP contribution in [0.4, 0.5) is 13.2 Å². The normalized spacial score (nSPS) is 12.0. The Bertz CT molecular complexity index is 1440. The van der Waals surface area contributed by atoms with Gasteiger partial charge in [-0.1, -0.05) is 0 Å². The van der Waals surface area contributed by atoms with Crippen molar-refractivity contribution < 1.29 is 17.9 Å². The molecule has 31 heavy (non-hydrogen) atoms. The summed E-state index contributed by atoms with van der Waals surface area (Å²) in [6.07, 6.45) is 2.23. The smallest absolute Gasteiger partial charge is 0.416 e. The fraction of sp³-hybridized carbons (Fsp3) is 0.143. The van der Waals surface area contributed by atoms with Crippen molar-refractivity contribution >= 4 is 16.6 Å². The zero-order chi connectivity index (χ0) is 21.8. The second-order valence-electron chi connectivity index (χ2n) is 6.91. The number of aromatic nitrogens is 6. The predicted octanol–water partition coefficient (Wildman–Crippen LogP) is 4.47. The van der Waals surface area contributed by atoms with E-state index in [1.165, 1.54) is 17.9 Å². The van der Waals surface area contributed by atoms with Crippen molar-refractivity contribution in [2.45, 2.75) is 13.1 Å². The van der Waals surface area contributed by atoms with Gasteiger partial charge in [0.15, 0.2) is 5.65 Å². The summed E-state index contributed by atoms with van der Waals surface area (Å²) in [5.41, 5.74) is 2.52. The van der Waals surface area contributed by atoms with Crippen molar-refractivity contribution in [3.05, 3.63) is 66.4 Å². The molecular formula is C21H15F3N6O. The van der Waals surface area contributed by atoms with Gasteiger partial charge in [-0.25, -0.2) is 14.2 Å². The summed E-state index contributed by atoms with van der Waals surface area (Å²) in [7, 11) is 1.41. The number of pyridine rings is 1. The molecule has 4 heterocycles. The molecule has 1 aromatic carbocycles. The summed E-state index contributed by atoms with van der Waals surface area (Å²) in [6.45, 7) is 1.77. The monoisotopic (exact) mass is 424 g/mol. The minimum atomic E-state index is -4.49. The molecule has 5 aromatic rings. The summed E-state index contributed by atoms with van der Waals surface area (Å²) in [6, 6.07) is 6.83. The summed E-state index contributed by atoms with van der Waals surface area (Å²) in [5, 5.41) is 9.46. The van der Waals surface area contributed by atoms with E-state index in [2.05, 4.69) is 20.2 Å². The molecule has 156 valence electrons. The zero-order valence-corrected chi connectivity index (χ0v) is 16.4. The van der Waals surface area contributed by atoms with Gasteiger partial charge in [0.25, 0.3) is 0 Å². The number of ether oxygens (including phenoxy) is 1. The predicted molar refractivity (Wildman–Crippen MR) is 107 cm³/mol. The Morgan fingerprint density at radius 1 is 1.06 bits per heavy atom. The van der Waals surface area contributed by atoms with Gasteiger partial charge in [0, 0.05) is 24.0 Å². The molecule has 0 saturated heterocycles. The highest BCUT2D eigenvalue weighted by molar-refractivity contribution is 5.88. The van der Waals surface area contributed by atoms with E-state index in [1.54, 1.807) is 48.4 Å². The van der Waals surface area contributed by atoms with Crippen LogP contribution in [0.5, 0.6) is 5.75 Å². The van der Waals surface area contributed by atoms with Gasteiger partial charge in [-0.15, -0.1) is 0 Å². The Labute approximate surface area is 173 Å². The molecule has 10 heteroatoms. The number of hydrogen-bond acceptors (Lipinski definition) is 5. The first kappa shape index (κ1) is 19.0. The summed E-state index contributed by atoms with van der Waals surface area (Å²) >= 11 is 0. The summed E-state index contributed by atoms with van der Waals surface area (Å²) in [5.74, 6) is 0.272.